The number of amides is 1. The summed E-state index contributed by atoms with van der Waals surface area (Å²) in [5.41, 5.74) is 5.76. The predicted molar refractivity (Wildman–Crippen MR) is 62.8 cm³/mol. The highest BCUT2D eigenvalue weighted by atomic mass is 19.1. The fourth-order valence-corrected chi connectivity index (χ4v) is 2.09. The van der Waals surface area contributed by atoms with Crippen molar-refractivity contribution in [3.63, 3.8) is 0 Å². The second kappa shape index (κ2) is 4.31. The smallest absolute Gasteiger partial charge is 0.257 e. The summed E-state index contributed by atoms with van der Waals surface area (Å²) in [6, 6.07) is 1.15. The number of hydrogen-bond acceptors (Lipinski definition) is 3. The van der Waals surface area contributed by atoms with Gasteiger partial charge in [0, 0.05) is 13.1 Å². The van der Waals surface area contributed by atoms with Crippen molar-refractivity contribution >= 4 is 11.7 Å². The zero-order chi connectivity index (χ0) is 12.6. The molecule has 1 aromatic heterocycles. The molecule has 2 unspecified atom stereocenters. The van der Waals surface area contributed by atoms with Crippen molar-refractivity contribution in [1.82, 2.24) is 9.88 Å². The zero-order valence-corrected chi connectivity index (χ0v) is 9.98. The van der Waals surface area contributed by atoms with E-state index in [0.29, 0.717) is 24.9 Å². The number of pyridine rings is 1. The Morgan fingerprint density at radius 2 is 2.06 bits per heavy atom. The summed E-state index contributed by atoms with van der Waals surface area (Å²) in [4.78, 5) is 17.5. The average molecular weight is 237 g/mol. The van der Waals surface area contributed by atoms with Crippen molar-refractivity contribution in [2.24, 2.45) is 11.8 Å². The third-order valence-electron chi connectivity index (χ3n) is 3.39. The van der Waals surface area contributed by atoms with Gasteiger partial charge in [0.2, 0.25) is 0 Å². The lowest BCUT2D eigenvalue weighted by atomic mass is 10.0. The number of halogens is 1. The molecule has 2 heterocycles. The Kier molecular flexibility index (Phi) is 3.00. The summed E-state index contributed by atoms with van der Waals surface area (Å²) in [5.74, 6) is 0.237. The van der Waals surface area contributed by atoms with Gasteiger partial charge in [-0.05, 0) is 17.9 Å². The van der Waals surface area contributed by atoms with Gasteiger partial charge in [0.15, 0.2) is 0 Å². The monoisotopic (exact) mass is 237 g/mol. The Bertz CT molecular complexity index is 439. The normalized spacial score (nSPS) is 24.1. The molecule has 2 N–H and O–H groups in total. The maximum atomic E-state index is 13.1. The van der Waals surface area contributed by atoms with E-state index in [2.05, 4.69) is 18.8 Å². The molecule has 1 fully saturated rings. The Morgan fingerprint density at radius 1 is 1.47 bits per heavy atom. The Morgan fingerprint density at radius 3 is 2.65 bits per heavy atom. The van der Waals surface area contributed by atoms with E-state index in [-0.39, 0.29) is 17.3 Å². The molecule has 0 bridgehead atoms. The van der Waals surface area contributed by atoms with E-state index >= 15 is 0 Å². The molecule has 1 aromatic rings. The first-order valence-corrected chi connectivity index (χ1v) is 5.69. The van der Waals surface area contributed by atoms with Gasteiger partial charge in [-0.15, -0.1) is 0 Å². The van der Waals surface area contributed by atoms with Crippen LogP contribution in [-0.4, -0.2) is 28.9 Å². The molecule has 1 amide bonds. The van der Waals surface area contributed by atoms with Crippen LogP contribution in [0, 0.1) is 17.7 Å². The molecule has 2 rings (SSSR count). The van der Waals surface area contributed by atoms with E-state index in [0.717, 1.165) is 12.3 Å². The first-order valence-electron chi connectivity index (χ1n) is 5.69. The lowest BCUT2D eigenvalue weighted by Gasteiger charge is -2.16. The number of likely N-dealkylation sites (tertiary alicyclic amines) is 1. The van der Waals surface area contributed by atoms with Crippen molar-refractivity contribution in [2.75, 3.05) is 18.8 Å². The zero-order valence-electron chi connectivity index (χ0n) is 9.98. The lowest BCUT2D eigenvalue weighted by Crippen LogP contribution is -2.29. The van der Waals surface area contributed by atoms with Crippen LogP contribution in [0.25, 0.3) is 0 Å². The summed E-state index contributed by atoms with van der Waals surface area (Å²) in [6.45, 7) is 5.59. The van der Waals surface area contributed by atoms with Crippen molar-refractivity contribution in [1.29, 1.82) is 0 Å². The summed E-state index contributed by atoms with van der Waals surface area (Å²) >= 11 is 0. The van der Waals surface area contributed by atoms with Gasteiger partial charge in [-0.1, -0.05) is 13.8 Å². The third kappa shape index (κ3) is 2.23. The molecular formula is C12H16FN3O. The predicted octanol–water partition coefficient (Wildman–Crippen LogP) is 1.53. The lowest BCUT2D eigenvalue weighted by molar-refractivity contribution is 0.0785. The highest BCUT2D eigenvalue weighted by molar-refractivity contribution is 5.98. The van der Waals surface area contributed by atoms with Gasteiger partial charge in [0.25, 0.3) is 5.91 Å². The number of aromatic nitrogens is 1. The highest BCUT2D eigenvalue weighted by Crippen LogP contribution is 2.24. The molecule has 0 radical (unpaired) electrons. The molecule has 1 saturated heterocycles. The van der Waals surface area contributed by atoms with Gasteiger partial charge in [0.1, 0.15) is 11.6 Å². The van der Waals surface area contributed by atoms with Gasteiger partial charge < -0.3 is 10.6 Å². The molecule has 0 saturated carbocycles. The van der Waals surface area contributed by atoms with E-state index in [4.69, 9.17) is 5.73 Å². The van der Waals surface area contributed by atoms with Gasteiger partial charge in [-0.2, -0.15) is 0 Å². The molecular weight excluding hydrogens is 221 g/mol. The van der Waals surface area contributed by atoms with Crippen molar-refractivity contribution in [2.45, 2.75) is 13.8 Å². The maximum absolute atomic E-state index is 13.1. The molecule has 1 aliphatic heterocycles. The van der Waals surface area contributed by atoms with Crippen LogP contribution in [0.2, 0.25) is 0 Å². The molecule has 92 valence electrons. The Hall–Kier alpha value is -1.65. The number of anilines is 1. The van der Waals surface area contributed by atoms with Gasteiger partial charge in [-0.3, -0.25) is 4.79 Å². The topological polar surface area (TPSA) is 59.2 Å². The van der Waals surface area contributed by atoms with Crippen LogP contribution in [0.15, 0.2) is 12.3 Å². The number of nitrogen functional groups attached to an aromatic ring is 1. The maximum Gasteiger partial charge on any atom is 0.257 e. The third-order valence-corrected chi connectivity index (χ3v) is 3.39. The highest BCUT2D eigenvalue weighted by Gasteiger charge is 2.30. The van der Waals surface area contributed by atoms with Crippen LogP contribution < -0.4 is 5.73 Å². The fraction of sp³-hybridized carbons (Fsp3) is 0.500. The second-order valence-corrected chi connectivity index (χ2v) is 4.75. The molecule has 0 aromatic carbocycles. The van der Waals surface area contributed by atoms with Crippen LogP contribution >= 0.6 is 0 Å². The van der Waals surface area contributed by atoms with E-state index < -0.39 is 5.82 Å². The largest absolute Gasteiger partial charge is 0.383 e. The minimum Gasteiger partial charge on any atom is -0.383 e. The summed E-state index contributed by atoms with van der Waals surface area (Å²) in [7, 11) is 0. The van der Waals surface area contributed by atoms with Crippen LogP contribution in [0.1, 0.15) is 24.2 Å². The van der Waals surface area contributed by atoms with Crippen LogP contribution in [0.5, 0.6) is 0 Å². The minimum absolute atomic E-state index is 0.0867. The molecule has 5 heteroatoms. The summed E-state index contributed by atoms with van der Waals surface area (Å²) < 4.78 is 13.1. The number of rotatable bonds is 1. The Balaban J connectivity index is 2.23. The minimum atomic E-state index is -0.539. The number of carbonyl (C=O) groups is 1. The quantitative estimate of drug-likeness (QED) is 0.805. The number of carbonyl (C=O) groups excluding carboxylic acids is 1. The van der Waals surface area contributed by atoms with Crippen LogP contribution in [0.4, 0.5) is 10.2 Å². The van der Waals surface area contributed by atoms with Gasteiger partial charge >= 0.3 is 0 Å². The fourth-order valence-electron chi connectivity index (χ4n) is 2.09. The van der Waals surface area contributed by atoms with Crippen LogP contribution in [-0.2, 0) is 0 Å². The van der Waals surface area contributed by atoms with Crippen molar-refractivity contribution in [3.8, 4) is 0 Å². The van der Waals surface area contributed by atoms with Crippen molar-refractivity contribution in [3.05, 3.63) is 23.6 Å². The summed E-state index contributed by atoms with van der Waals surface area (Å²) in [5, 5.41) is 0. The average Bonchev–Trinajstić information content (AvgIpc) is 2.62. The first kappa shape index (κ1) is 11.8. The van der Waals surface area contributed by atoms with E-state index in [1.807, 2.05) is 0 Å². The number of nitrogens with zero attached hydrogens (tertiary/aromatic N) is 2. The SMILES string of the molecule is CC1CN(C(=O)c2cc(F)cnc2N)CC1C. The molecule has 2 atom stereocenters. The Labute approximate surface area is 99.6 Å². The van der Waals surface area contributed by atoms with Gasteiger partial charge in [0.05, 0.1) is 11.8 Å². The molecule has 4 nitrogen and oxygen atoms in total. The summed E-state index contributed by atoms with van der Waals surface area (Å²) in [6.07, 6.45) is 1.02. The molecule has 1 aliphatic rings. The molecule has 17 heavy (non-hydrogen) atoms. The molecule has 0 aliphatic carbocycles. The standard InChI is InChI=1S/C12H16FN3O/c1-7-5-16(6-8(7)2)12(17)10-3-9(13)4-15-11(10)14/h3-4,7-8H,5-6H2,1-2H3,(H2,14,15). The van der Waals surface area contributed by atoms with E-state index in [1.165, 1.54) is 0 Å². The number of hydrogen-bond donors (Lipinski definition) is 1. The first-order chi connectivity index (χ1) is 7.99. The second-order valence-electron chi connectivity index (χ2n) is 4.75. The van der Waals surface area contributed by atoms with Crippen molar-refractivity contribution < 1.29 is 9.18 Å². The van der Waals surface area contributed by atoms with Crippen LogP contribution in [0.3, 0.4) is 0 Å². The van der Waals surface area contributed by atoms with E-state index in [9.17, 15) is 9.18 Å². The van der Waals surface area contributed by atoms with E-state index in [1.54, 1.807) is 4.90 Å². The number of nitrogens with two attached hydrogens (primary N) is 1. The van der Waals surface area contributed by atoms with Gasteiger partial charge in [-0.25, -0.2) is 9.37 Å². The molecule has 0 spiro atoms.